The molecule has 0 amide bonds. The first-order chi connectivity index (χ1) is 15.5. The number of pyridine rings is 1. The Kier molecular flexibility index (Phi) is 10.2. The summed E-state index contributed by atoms with van der Waals surface area (Å²) in [4.78, 5) is 16.4. The van der Waals surface area contributed by atoms with Crippen molar-refractivity contribution in [1.82, 2.24) is 4.98 Å². The molecule has 4 heteroatoms. The molecule has 191 valence electrons. The van der Waals surface area contributed by atoms with Crippen LogP contribution in [0.25, 0.3) is 22.2 Å². The molecule has 0 fully saturated rings. The van der Waals surface area contributed by atoms with Gasteiger partial charge in [-0.15, -0.1) is 34.4 Å². The fraction of sp³-hybridized carbons (Fsp3) is 0.419. The molecule has 0 saturated carbocycles. The average Bonchev–Trinajstić information content (AvgIpc) is 2.69. The van der Waals surface area contributed by atoms with Crippen LogP contribution in [0.5, 0.6) is 0 Å². The molecule has 1 N–H and O–H groups in total. The molecule has 0 saturated heterocycles. The van der Waals surface area contributed by atoms with E-state index >= 15 is 0 Å². The molecule has 0 unspecified atom stereocenters. The van der Waals surface area contributed by atoms with E-state index in [0.29, 0.717) is 0 Å². The van der Waals surface area contributed by atoms with Crippen molar-refractivity contribution < 1.29 is 30.0 Å². The van der Waals surface area contributed by atoms with E-state index in [1.165, 1.54) is 33.7 Å². The molecular formula is C31H40IrNO2-. The average molecular weight is 651 g/mol. The van der Waals surface area contributed by atoms with Gasteiger partial charge < -0.3 is 5.11 Å². The van der Waals surface area contributed by atoms with Crippen molar-refractivity contribution in [1.29, 1.82) is 0 Å². The predicted octanol–water partition coefficient (Wildman–Crippen LogP) is 8.33. The summed E-state index contributed by atoms with van der Waals surface area (Å²) < 4.78 is 0. The molecule has 3 rings (SSSR count). The van der Waals surface area contributed by atoms with Gasteiger partial charge in [-0.3, -0.25) is 9.78 Å². The zero-order valence-electron chi connectivity index (χ0n) is 23.1. The van der Waals surface area contributed by atoms with Crippen LogP contribution in [0.3, 0.4) is 0 Å². The van der Waals surface area contributed by atoms with Gasteiger partial charge >= 0.3 is 0 Å². The Hall–Kier alpha value is -2.29. The number of allylic oxidation sites excluding steroid dienone is 2. The third kappa shape index (κ3) is 8.12. The summed E-state index contributed by atoms with van der Waals surface area (Å²) in [5.74, 6) is 0.104. The number of nitrogens with zero attached hydrogens (tertiary/aromatic N) is 1. The standard InChI is InChI=1S/C20H20N.C11H20O2.Ir/c1-12-6-7-17-15(4)11-20(21-19(17)10-12)18-9-13(2)8-14(3)16(18)5;1-10(2,3)8(12)7-9(13)11(4,5)6;/h6-8,10-11H,1-5H3;7,12H,1-6H3;/q-1;;/b;8-7-;. The Balaban J connectivity index is 0.000000383. The van der Waals surface area contributed by atoms with Gasteiger partial charge in [-0.25, -0.2) is 0 Å². The Bertz CT molecular complexity index is 1240. The Labute approximate surface area is 225 Å². The van der Waals surface area contributed by atoms with Crippen molar-refractivity contribution in [3.63, 3.8) is 0 Å². The number of aryl methyl sites for hydroxylation is 4. The van der Waals surface area contributed by atoms with Crippen LogP contribution in [-0.4, -0.2) is 15.9 Å². The number of hydrogen-bond donors (Lipinski definition) is 1. The molecule has 0 aliphatic heterocycles. The van der Waals surface area contributed by atoms with Crippen LogP contribution in [-0.2, 0) is 24.9 Å². The van der Waals surface area contributed by atoms with Gasteiger partial charge in [-0.1, -0.05) is 80.5 Å². The van der Waals surface area contributed by atoms with E-state index in [1.807, 2.05) is 41.5 Å². The van der Waals surface area contributed by atoms with E-state index in [1.54, 1.807) is 0 Å². The first-order valence-corrected chi connectivity index (χ1v) is 11.8. The summed E-state index contributed by atoms with van der Waals surface area (Å²) >= 11 is 0. The molecule has 1 aromatic heterocycles. The molecule has 35 heavy (non-hydrogen) atoms. The fourth-order valence-corrected chi connectivity index (χ4v) is 3.41. The van der Waals surface area contributed by atoms with E-state index in [2.05, 4.69) is 71.0 Å². The number of rotatable bonds is 2. The second-order valence-electron chi connectivity index (χ2n) is 11.4. The first-order valence-electron chi connectivity index (χ1n) is 11.8. The first kappa shape index (κ1) is 30.7. The molecule has 1 radical (unpaired) electrons. The summed E-state index contributed by atoms with van der Waals surface area (Å²) in [6.07, 6.45) is 1.33. The minimum atomic E-state index is -0.417. The number of aliphatic hydroxyl groups is 1. The van der Waals surface area contributed by atoms with Crippen molar-refractivity contribution in [2.24, 2.45) is 10.8 Å². The van der Waals surface area contributed by atoms with Crippen LogP contribution in [0.4, 0.5) is 0 Å². The largest absolute Gasteiger partial charge is 0.512 e. The maximum absolute atomic E-state index is 11.5. The summed E-state index contributed by atoms with van der Waals surface area (Å²) in [6, 6.07) is 14.3. The molecular weight excluding hydrogens is 611 g/mol. The number of carbonyl (C=O) groups excluding carboxylic acids is 1. The number of fused-ring (bicyclic) bond motifs is 1. The van der Waals surface area contributed by atoms with E-state index in [-0.39, 0.29) is 37.1 Å². The number of carbonyl (C=O) groups is 1. The van der Waals surface area contributed by atoms with Gasteiger partial charge in [0, 0.05) is 42.4 Å². The van der Waals surface area contributed by atoms with Crippen molar-refractivity contribution in [3.05, 3.63) is 76.1 Å². The molecule has 3 aromatic rings. The van der Waals surface area contributed by atoms with Gasteiger partial charge in [0.15, 0.2) is 5.78 Å². The van der Waals surface area contributed by atoms with E-state index in [9.17, 15) is 9.90 Å². The molecule has 0 spiro atoms. The topological polar surface area (TPSA) is 50.2 Å². The number of hydrogen-bond acceptors (Lipinski definition) is 3. The fourth-order valence-electron chi connectivity index (χ4n) is 3.41. The van der Waals surface area contributed by atoms with Crippen LogP contribution in [0.15, 0.2) is 42.2 Å². The summed E-state index contributed by atoms with van der Waals surface area (Å²) in [5.41, 5.74) is 8.68. The van der Waals surface area contributed by atoms with Crippen LogP contribution in [0.1, 0.15) is 69.4 Å². The molecule has 0 aliphatic rings. The number of aliphatic hydroxyl groups excluding tert-OH is 1. The molecule has 2 aromatic carbocycles. The maximum atomic E-state index is 11.5. The number of ketones is 1. The Morgan fingerprint density at radius 3 is 2.03 bits per heavy atom. The maximum Gasteiger partial charge on any atom is 0.164 e. The van der Waals surface area contributed by atoms with Crippen molar-refractivity contribution in [2.75, 3.05) is 0 Å². The van der Waals surface area contributed by atoms with Crippen molar-refractivity contribution in [3.8, 4) is 11.3 Å². The van der Waals surface area contributed by atoms with E-state index in [0.717, 1.165) is 22.3 Å². The molecule has 0 bridgehead atoms. The minimum absolute atomic E-state index is 0. The third-order valence-corrected chi connectivity index (χ3v) is 5.93. The molecule has 3 nitrogen and oxygen atoms in total. The van der Waals surface area contributed by atoms with Gasteiger partial charge in [0.1, 0.15) is 5.76 Å². The van der Waals surface area contributed by atoms with Crippen molar-refractivity contribution >= 4 is 16.7 Å². The van der Waals surface area contributed by atoms with Gasteiger partial charge in [0.25, 0.3) is 0 Å². The van der Waals surface area contributed by atoms with E-state index in [4.69, 9.17) is 4.98 Å². The SMILES string of the molecule is CC(C)(C)C(=O)/C=C(\O)C(C)(C)C.Cc1[c-]c(-c2cc(C)c3ccc(C)cc3n2)c(C)c(C)c1.[Ir]. The molecule has 0 aliphatic carbocycles. The Morgan fingerprint density at radius 1 is 0.886 bits per heavy atom. The second kappa shape index (κ2) is 11.6. The smallest absolute Gasteiger partial charge is 0.164 e. The van der Waals surface area contributed by atoms with E-state index < -0.39 is 5.41 Å². The normalized spacial score (nSPS) is 12.0. The number of aromatic nitrogens is 1. The Morgan fingerprint density at radius 2 is 1.49 bits per heavy atom. The van der Waals surface area contributed by atoms with Crippen molar-refractivity contribution in [2.45, 2.75) is 76.2 Å². The zero-order chi connectivity index (χ0) is 26.0. The van der Waals surface area contributed by atoms with Gasteiger partial charge in [0.2, 0.25) is 0 Å². The zero-order valence-corrected chi connectivity index (χ0v) is 25.5. The summed E-state index contributed by atoms with van der Waals surface area (Å²) in [7, 11) is 0. The molecule has 1 heterocycles. The number of benzene rings is 2. The van der Waals surface area contributed by atoms with Gasteiger partial charge in [0.05, 0.1) is 5.52 Å². The van der Waals surface area contributed by atoms with Crippen LogP contribution in [0, 0.1) is 51.5 Å². The summed E-state index contributed by atoms with van der Waals surface area (Å²) in [6.45, 7) is 21.8. The minimum Gasteiger partial charge on any atom is -0.512 e. The van der Waals surface area contributed by atoms with Crippen LogP contribution < -0.4 is 0 Å². The second-order valence-corrected chi connectivity index (χ2v) is 11.4. The van der Waals surface area contributed by atoms with Gasteiger partial charge in [-0.05, 0) is 36.7 Å². The molecule has 0 atom stereocenters. The quantitative estimate of drug-likeness (QED) is 0.172. The van der Waals surface area contributed by atoms with Crippen LogP contribution >= 0.6 is 0 Å². The third-order valence-electron chi connectivity index (χ3n) is 5.93. The monoisotopic (exact) mass is 651 g/mol. The summed E-state index contributed by atoms with van der Waals surface area (Å²) in [5, 5.41) is 10.8. The van der Waals surface area contributed by atoms with Gasteiger partial charge in [-0.2, -0.15) is 0 Å². The predicted molar refractivity (Wildman–Crippen MR) is 144 cm³/mol. The van der Waals surface area contributed by atoms with Crippen LogP contribution in [0.2, 0.25) is 0 Å².